The Hall–Kier alpha value is -1.48. The molecule has 2 N–H and O–H groups in total. The molecule has 0 saturated carbocycles. The van der Waals surface area contributed by atoms with Crippen molar-refractivity contribution in [2.45, 2.75) is 12.6 Å². The smallest absolute Gasteiger partial charge is 0.336 e. The monoisotopic (exact) mass is 302 g/mol. The maximum Gasteiger partial charge on any atom is 0.336 e. The van der Waals surface area contributed by atoms with E-state index in [0.29, 0.717) is 0 Å². The molecule has 0 aliphatic rings. The minimum absolute atomic E-state index is 0.185. The van der Waals surface area contributed by atoms with Gasteiger partial charge in [-0.1, -0.05) is 30.3 Å². The van der Waals surface area contributed by atoms with Crippen LogP contribution in [0.3, 0.4) is 0 Å². The van der Waals surface area contributed by atoms with Crippen molar-refractivity contribution in [3.05, 3.63) is 35.9 Å². The van der Waals surface area contributed by atoms with E-state index in [1.165, 1.54) is 7.05 Å². The predicted molar refractivity (Wildman–Crippen MR) is 72.9 cm³/mol. The van der Waals surface area contributed by atoms with Crippen molar-refractivity contribution in [2.75, 3.05) is 20.7 Å². The number of esters is 1. The molecule has 0 saturated heterocycles. The average Bonchev–Trinajstić information content (AvgIpc) is 2.45. The lowest BCUT2D eigenvalue weighted by Gasteiger charge is -2.18. The summed E-state index contributed by atoms with van der Waals surface area (Å²) in [5.41, 5.74) is 0.828. The molecule has 0 aliphatic heterocycles. The molecule has 1 rings (SSSR count). The number of hydrogen-bond donors (Lipinski definition) is 2. The summed E-state index contributed by atoms with van der Waals surface area (Å²) < 4.78 is 31.3. The molecule has 0 heterocycles. The van der Waals surface area contributed by atoms with Gasteiger partial charge in [0.15, 0.2) is 6.10 Å². The van der Waals surface area contributed by atoms with Gasteiger partial charge in [-0.2, -0.15) is 17.4 Å². The van der Waals surface area contributed by atoms with Crippen molar-refractivity contribution < 1.29 is 23.1 Å². The third-order valence-corrected chi connectivity index (χ3v) is 4.07. The fourth-order valence-electron chi connectivity index (χ4n) is 1.44. The molecule has 7 nitrogen and oxygen atoms in total. The van der Waals surface area contributed by atoms with Crippen LogP contribution < -0.4 is 4.72 Å². The number of nitrogens with zero attached hydrogens (tertiary/aromatic N) is 1. The normalized spacial score (nSPS) is 13.2. The fraction of sp³-hybridized carbons (Fsp3) is 0.417. The molecule has 0 radical (unpaired) electrons. The van der Waals surface area contributed by atoms with Gasteiger partial charge in [0.2, 0.25) is 0 Å². The van der Waals surface area contributed by atoms with Crippen molar-refractivity contribution in [1.29, 1.82) is 0 Å². The van der Waals surface area contributed by atoms with Crippen LogP contribution in [0, 0.1) is 0 Å². The molecule has 0 amide bonds. The number of rotatable bonds is 7. The summed E-state index contributed by atoms with van der Waals surface area (Å²) >= 11 is 0. The van der Waals surface area contributed by atoms with Crippen molar-refractivity contribution in [1.82, 2.24) is 9.03 Å². The molecule has 0 fully saturated rings. The second kappa shape index (κ2) is 7.34. The molecule has 1 unspecified atom stereocenters. The van der Waals surface area contributed by atoms with E-state index in [-0.39, 0.29) is 6.54 Å². The quantitative estimate of drug-likeness (QED) is 0.661. The number of carbonyl (C=O) groups is 1. The minimum Gasteiger partial charge on any atom is -0.467 e. The Balaban J connectivity index is 2.58. The molecule has 0 aliphatic carbocycles. The van der Waals surface area contributed by atoms with Crippen LogP contribution >= 0.6 is 0 Å². The molecule has 1 aromatic carbocycles. The lowest BCUT2D eigenvalue weighted by molar-refractivity contribution is -0.149. The van der Waals surface area contributed by atoms with Gasteiger partial charge in [0.25, 0.3) is 10.2 Å². The van der Waals surface area contributed by atoms with Gasteiger partial charge in [-0.05, 0) is 5.56 Å². The van der Waals surface area contributed by atoms with Gasteiger partial charge in [-0.25, -0.2) is 4.79 Å². The first-order valence-electron chi connectivity index (χ1n) is 5.87. The lowest BCUT2D eigenvalue weighted by atomic mass is 10.2. The molecule has 0 spiro atoms. The standard InChI is InChI=1S/C12H18N2O5S/c1-14(9-10-6-4-3-5-7-10)20(17,18)13-8-11(15)12(16)19-2/h3-7,11,13,15H,8-9H2,1-2H3. The van der Waals surface area contributed by atoms with Gasteiger partial charge in [-0.3, -0.25) is 0 Å². The van der Waals surface area contributed by atoms with Gasteiger partial charge < -0.3 is 9.84 Å². The van der Waals surface area contributed by atoms with Crippen molar-refractivity contribution >= 4 is 16.2 Å². The van der Waals surface area contributed by atoms with Crippen molar-refractivity contribution in [3.63, 3.8) is 0 Å². The van der Waals surface area contributed by atoms with E-state index >= 15 is 0 Å². The Kier molecular flexibility index (Phi) is 6.08. The SMILES string of the molecule is COC(=O)C(O)CNS(=O)(=O)N(C)Cc1ccccc1. The molecular formula is C12H18N2O5S. The fourth-order valence-corrected chi connectivity index (χ4v) is 2.35. The summed E-state index contributed by atoms with van der Waals surface area (Å²) in [5.74, 6) is -0.890. The van der Waals surface area contributed by atoms with E-state index in [1.54, 1.807) is 12.1 Å². The summed E-state index contributed by atoms with van der Waals surface area (Å²) in [7, 11) is -1.26. The highest BCUT2D eigenvalue weighted by Crippen LogP contribution is 2.05. The first-order valence-corrected chi connectivity index (χ1v) is 7.31. The van der Waals surface area contributed by atoms with E-state index in [9.17, 15) is 18.3 Å². The molecule has 112 valence electrons. The molecular weight excluding hydrogens is 284 g/mol. The Morgan fingerprint density at radius 3 is 2.55 bits per heavy atom. The number of ether oxygens (including phenoxy) is 1. The zero-order valence-corrected chi connectivity index (χ0v) is 12.1. The van der Waals surface area contributed by atoms with Gasteiger partial charge in [0.1, 0.15) is 0 Å². The van der Waals surface area contributed by atoms with Crippen LogP contribution in [-0.2, 0) is 26.3 Å². The third kappa shape index (κ3) is 4.89. The Bertz CT molecular complexity index is 532. The molecule has 8 heteroatoms. The zero-order chi connectivity index (χ0) is 15.2. The van der Waals surface area contributed by atoms with Crippen LogP contribution in [0.15, 0.2) is 30.3 Å². The first kappa shape index (κ1) is 16.6. The number of hydrogen-bond acceptors (Lipinski definition) is 5. The third-order valence-electron chi connectivity index (χ3n) is 2.59. The van der Waals surface area contributed by atoms with Crippen LogP contribution in [0.25, 0.3) is 0 Å². The van der Waals surface area contributed by atoms with E-state index in [2.05, 4.69) is 9.46 Å². The number of methoxy groups -OCH3 is 1. The molecule has 20 heavy (non-hydrogen) atoms. The molecule has 0 bridgehead atoms. The van der Waals surface area contributed by atoms with Crippen LogP contribution in [-0.4, -0.2) is 50.6 Å². The topological polar surface area (TPSA) is 95.9 Å². The van der Waals surface area contributed by atoms with Gasteiger partial charge >= 0.3 is 5.97 Å². The van der Waals surface area contributed by atoms with Crippen molar-refractivity contribution in [3.8, 4) is 0 Å². The molecule has 1 atom stereocenters. The van der Waals surface area contributed by atoms with Crippen molar-refractivity contribution in [2.24, 2.45) is 0 Å². The Labute approximate surface area is 118 Å². The number of nitrogens with one attached hydrogen (secondary N) is 1. The number of carbonyl (C=O) groups excluding carboxylic acids is 1. The van der Waals surface area contributed by atoms with Gasteiger partial charge in [-0.15, -0.1) is 0 Å². The summed E-state index contributed by atoms with van der Waals surface area (Å²) in [4.78, 5) is 11.0. The largest absolute Gasteiger partial charge is 0.467 e. The predicted octanol–water partition coefficient (Wildman–Crippen LogP) is -0.513. The van der Waals surface area contributed by atoms with E-state index < -0.39 is 28.8 Å². The first-order chi connectivity index (χ1) is 9.36. The zero-order valence-electron chi connectivity index (χ0n) is 11.3. The van der Waals surface area contributed by atoms with Crippen LogP contribution in [0.4, 0.5) is 0 Å². The lowest BCUT2D eigenvalue weighted by Crippen LogP contribution is -2.43. The summed E-state index contributed by atoms with van der Waals surface area (Å²) in [6, 6.07) is 9.06. The maximum atomic E-state index is 11.9. The van der Waals surface area contributed by atoms with E-state index in [1.807, 2.05) is 18.2 Å². The van der Waals surface area contributed by atoms with E-state index in [0.717, 1.165) is 17.0 Å². The molecule has 0 aromatic heterocycles. The highest BCUT2D eigenvalue weighted by Gasteiger charge is 2.22. The second-order valence-electron chi connectivity index (χ2n) is 4.13. The number of benzene rings is 1. The summed E-state index contributed by atoms with van der Waals surface area (Å²) in [5, 5.41) is 9.33. The average molecular weight is 302 g/mol. The Morgan fingerprint density at radius 1 is 1.40 bits per heavy atom. The molecule has 1 aromatic rings. The summed E-state index contributed by atoms with van der Waals surface area (Å²) in [6.45, 7) is -0.251. The van der Waals surface area contributed by atoms with Gasteiger partial charge in [0.05, 0.1) is 7.11 Å². The second-order valence-corrected chi connectivity index (χ2v) is 6.00. The summed E-state index contributed by atoms with van der Waals surface area (Å²) in [6.07, 6.45) is -1.53. The van der Waals surface area contributed by atoms with E-state index in [4.69, 9.17) is 0 Å². The van der Waals surface area contributed by atoms with Crippen LogP contribution in [0.2, 0.25) is 0 Å². The van der Waals surface area contributed by atoms with Crippen LogP contribution in [0.1, 0.15) is 5.56 Å². The number of aliphatic hydroxyl groups excluding tert-OH is 1. The maximum absolute atomic E-state index is 11.9. The number of aliphatic hydroxyl groups is 1. The highest BCUT2D eigenvalue weighted by atomic mass is 32.2. The highest BCUT2D eigenvalue weighted by molar-refractivity contribution is 7.87. The minimum atomic E-state index is -3.78. The van der Waals surface area contributed by atoms with Crippen LogP contribution in [0.5, 0.6) is 0 Å². The van der Waals surface area contributed by atoms with Gasteiger partial charge in [0, 0.05) is 20.1 Å². The Morgan fingerprint density at radius 2 is 2.00 bits per heavy atom.